The maximum absolute atomic E-state index is 12.8. The lowest BCUT2D eigenvalue weighted by Gasteiger charge is -2.07. The molecule has 0 spiro atoms. The van der Waals surface area contributed by atoms with Gasteiger partial charge in [-0.15, -0.1) is 0 Å². The van der Waals surface area contributed by atoms with Crippen molar-refractivity contribution in [3.05, 3.63) is 65.5 Å². The molecule has 2 aromatic carbocycles. The van der Waals surface area contributed by atoms with Gasteiger partial charge in [0.15, 0.2) is 0 Å². The fraction of sp³-hybridized carbons (Fsp3) is 0.176. The van der Waals surface area contributed by atoms with Gasteiger partial charge in [-0.25, -0.2) is 4.39 Å². The van der Waals surface area contributed by atoms with E-state index in [9.17, 15) is 14.0 Å². The maximum atomic E-state index is 12.8. The van der Waals surface area contributed by atoms with Crippen molar-refractivity contribution >= 4 is 11.9 Å². The Bertz CT molecular complexity index is 651. The second kappa shape index (κ2) is 7.36. The number of nitrogens with one attached hydrogen (secondary N) is 1. The Morgan fingerprint density at radius 1 is 1.05 bits per heavy atom. The van der Waals surface area contributed by atoms with E-state index in [4.69, 9.17) is 4.74 Å². The molecule has 1 N–H and O–H groups in total. The second-order valence-corrected chi connectivity index (χ2v) is 4.66. The summed E-state index contributed by atoms with van der Waals surface area (Å²) in [5.41, 5.74) is 1.27. The van der Waals surface area contributed by atoms with E-state index in [1.54, 1.807) is 43.3 Å². The van der Waals surface area contributed by atoms with Crippen LogP contribution in [0, 0.1) is 5.82 Å². The van der Waals surface area contributed by atoms with Crippen molar-refractivity contribution in [3.8, 4) is 5.75 Å². The average Bonchev–Trinajstić information content (AvgIpc) is 2.54. The summed E-state index contributed by atoms with van der Waals surface area (Å²) in [4.78, 5) is 23.1. The molecule has 0 aliphatic rings. The smallest absolute Gasteiger partial charge is 0.310 e. The summed E-state index contributed by atoms with van der Waals surface area (Å²) in [6.07, 6.45) is 0.292. The van der Waals surface area contributed by atoms with Gasteiger partial charge < -0.3 is 10.1 Å². The van der Waals surface area contributed by atoms with Crippen LogP contribution in [0.5, 0.6) is 5.75 Å². The third-order valence-electron chi connectivity index (χ3n) is 3.00. The fourth-order valence-corrected chi connectivity index (χ4v) is 1.76. The fourth-order valence-electron chi connectivity index (χ4n) is 1.76. The van der Waals surface area contributed by atoms with Crippen molar-refractivity contribution in [1.82, 2.24) is 5.32 Å². The minimum atomic E-state index is -0.325. The summed E-state index contributed by atoms with van der Waals surface area (Å²) in [7, 11) is 0. The Kier molecular flexibility index (Phi) is 5.25. The van der Waals surface area contributed by atoms with Gasteiger partial charge in [0.1, 0.15) is 11.6 Å². The Labute approximate surface area is 127 Å². The average molecular weight is 301 g/mol. The molecule has 0 unspecified atom stereocenters. The van der Waals surface area contributed by atoms with Gasteiger partial charge in [-0.3, -0.25) is 9.59 Å². The summed E-state index contributed by atoms with van der Waals surface area (Å²) in [6.45, 7) is 2.02. The first-order valence-electron chi connectivity index (χ1n) is 6.92. The number of benzene rings is 2. The minimum absolute atomic E-state index is 0.252. The van der Waals surface area contributed by atoms with Crippen molar-refractivity contribution in [2.75, 3.05) is 0 Å². The van der Waals surface area contributed by atoms with Gasteiger partial charge in [0.2, 0.25) is 0 Å². The van der Waals surface area contributed by atoms with Crippen LogP contribution in [-0.4, -0.2) is 11.9 Å². The number of carbonyl (C=O) groups is 2. The number of ether oxygens (including phenoxy) is 1. The number of rotatable bonds is 5. The lowest BCUT2D eigenvalue weighted by Crippen LogP contribution is -2.22. The zero-order valence-electron chi connectivity index (χ0n) is 12.1. The zero-order valence-corrected chi connectivity index (χ0v) is 12.1. The lowest BCUT2D eigenvalue weighted by atomic mass is 10.2. The van der Waals surface area contributed by atoms with Crippen LogP contribution in [0.25, 0.3) is 0 Å². The molecule has 0 saturated carbocycles. The standard InChI is InChI=1S/C17H16FNO3/c1-2-16(20)22-15-9-5-13(6-10-15)17(21)19-11-12-3-7-14(18)8-4-12/h3-10H,2,11H2,1H3,(H,19,21). The third-order valence-corrected chi connectivity index (χ3v) is 3.00. The molecule has 0 atom stereocenters. The Morgan fingerprint density at radius 2 is 1.68 bits per heavy atom. The molecule has 4 nitrogen and oxygen atoms in total. The van der Waals surface area contributed by atoms with Gasteiger partial charge in [-0.05, 0) is 42.0 Å². The van der Waals surface area contributed by atoms with Gasteiger partial charge in [0.25, 0.3) is 5.91 Å². The summed E-state index contributed by atoms with van der Waals surface area (Å²) in [5.74, 6) is -0.486. The highest BCUT2D eigenvalue weighted by atomic mass is 19.1. The van der Waals surface area contributed by atoms with Gasteiger partial charge in [0, 0.05) is 18.5 Å². The third kappa shape index (κ3) is 4.41. The molecule has 1 amide bonds. The van der Waals surface area contributed by atoms with Crippen LogP contribution < -0.4 is 10.1 Å². The van der Waals surface area contributed by atoms with E-state index in [2.05, 4.69) is 5.32 Å². The van der Waals surface area contributed by atoms with E-state index >= 15 is 0 Å². The van der Waals surface area contributed by atoms with Crippen LogP contribution in [0.4, 0.5) is 4.39 Å². The molecular formula is C17H16FNO3. The van der Waals surface area contributed by atoms with Crippen molar-refractivity contribution in [2.45, 2.75) is 19.9 Å². The quantitative estimate of drug-likeness (QED) is 0.682. The second-order valence-electron chi connectivity index (χ2n) is 4.66. The first-order chi connectivity index (χ1) is 10.6. The van der Waals surface area contributed by atoms with E-state index in [1.165, 1.54) is 12.1 Å². The normalized spacial score (nSPS) is 10.1. The van der Waals surface area contributed by atoms with Crippen molar-refractivity contribution in [3.63, 3.8) is 0 Å². The van der Waals surface area contributed by atoms with Crippen molar-refractivity contribution in [2.24, 2.45) is 0 Å². The zero-order chi connectivity index (χ0) is 15.9. The van der Waals surface area contributed by atoms with E-state index in [1.807, 2.05) is 0 Å². The van der Waals surface area contributed by atoms with Crippen molar-refractivity contribution < 1.29 is 18.7 Å². The van der Waals surface area contributed by atoms with Gasteiger partial charge >= 0.3 is 5.97 Å². The first kappa shape index (κ1) is 15.7. The number of halogens is 1. The number of hydrogen-bond donors (Lipinski definition) is 1. The summed E-state index contributed by atoms with van der Waals surface area (Å²) < 4.78 is 17.8. The number of carbonyl (C=O) groups excluding carboxylic acids is 2. The highest BCUT2D eigenvalue weighted by Crippen LogP contribution is 2.13. The largest absolute Gasteiger partial charge is 0.427 e. The molecule has 0 saturated heterocycles. The van der Waals surface area contributed by atoms with Crippen LogP contribution in [0.3, 0.4) is 0 Å². The highest BCUT2D eigenvalue weighted by Gasteiger charge is 2.07. The molecule has 0 fully saturated rings. The Morgan fingerprint density at radius 3 is 2.27 bits per heavy atom. The Balaban J connectivity index is 1.92. The molecule has 114 valence electrons. The highest BCUT2D eigenvalue weighted by molar-refractivity contribution is 5.94. The number of amides is 1. The Hall–Kier alpha value is -2.69. The molecule has 0 aromatic heterocycles. The van der Waals surface area contributed by atoms with Gasteiger partial charge in [0.05, 0.1) is 0 Å². The predicted octanol–water partition coefficient (Wildman–Crippen LogP) is 3.07. The van der Waals surface area contributed by atoms with Crippen LogP contribution in [0.15, 0.2) is 48.5 Å². The van der Waals surface area contributed by atoms with Crippen LogP contribution >= 0.6 is 0 Å². The number of esters is 1. The topological polar surface area (TPSA) is 55.4 Å². The van der Waals surface area contributed by atoms with Crippen LogP contribution in [0.2, 0.25) is 0 Å². The molecule has 2 rings (SSSR count). The molecule has 0 bridgehead atoms. The SMILES string of the molecule is CCC(=O)Oc1ccc(C(=O)NCc2ccc(F)cc2)cc1. The molecule has 0 aliphatic carbocycles. The van der Waals surface area contributed by atoms with Crippen molar-refractivity contribution in [1.29, 1.82) is 0 Å². The van der Waals surface area contributed by atoms with E-state index in [0.29, 0.717) is 24.3 Å². The summed E-state index contributed by atoms with van der Waals surface area (Å²) in [5, 5.41) is 2.74. The molecule has 22 heavy (non-hydrogen) atoms. The number of hydrogen-bond acceptors (Lipinski definition) is 3. The maximum Gasteiger partial charge on any atom is 0.310 e. The molecular weight excluding hydrogens is 285 g/mol. The van der Waals surface area contributed by atoms with E-state index in [0.717, 1.165) is 5.56 Å². The summed E-state index contributed by atoms with van der Waals surface area (Å²) >= 11 is 0. The molecule has 5 heteroatoms. The minimum Gasteiger partial charge on any atom is -0.427 e. The van der Waals surface area contributed by atoms with Gasteiger partial charge in [-0.1, -0.05) is 19.1 Å². The molecule has 2 aromatic rings. The summed E-state index contributed by atoms with van der Waals surface area (Å²) in [6, 6.07) is 12.2. The molecule has 0 heterocycles. The predicted molar refractivity (Wildman–Crippen MR) is 79.9 cm³/mol. The van der Waals surface area contributed by atoms with E-state index in [-0.39, 0.29) is 17.7 Å². The van der Waals surface area contributed by atoms with Gasteiger partial charge in [-0.2, -0.15) is 0 Å². The monoisotopic (exact) mass is 301 g/mol. The molecule has 0 aliphatic heterocycles. The van der Waals surface area contributed by atoms with E-state index < -0.39 is 0 Å². The first-order valence-corrected chi connectivity index (χ1v) is 6.92. The molecule has 0 radical (unpaired) electrons. The van der Waals surface area contributed by atoms with Crippen LogP contribution in [-0.2, 0) is 11.3 Å². The van der Waals surface area contributed by atoms with Crippen LogP contribution in [0.1, 0.15) is 29.3 Å². The lowest BCUT2D eigenvalue weighted by molar-refractivity contribution is -0.134.